The molecule has 384 valence electrons. The number of H-pyrrole nitrogens is 1. The van der Waals surface area contributed by atoms with Crippen LogP contribution < -0.4 is 65.9 Å². The molecule has 0 spiro atoms. The summed E-state index contributed by atoms with van der Waals surface area (Å²) < 4.78 is 0. The van der Waals surface area contributed by atoms with Gasteiger partial charge in [-0.3, -0.25) is 44.2 Å². The summed E-state index contributed by atoms with van der Waals surface area (Å²) in [5, 5.41) is 38.5. The summed E-state index contributed by atoms with van der Waals surface area (Å²) in [6.07, 6.45) is 3.86. The number of carbonyl (C=O) groups is 8. The van der Waals surface area contributed by atoms with Crippen molar-refractivity contribution < 1.29 is 54.3 Å². The highest BCUT2D eigenvalue weighted by atomic mass is 16.4. The number of hydrogen-bond donors (Lipinski definition) is 15. The van der Waals surface area contributed by atoms with Crippen molar-refractivity contribution in [1.82, 2.24) is 57.0 Å². The number of aromatic amines is 1. The minimum absolute atomic E-state index is 0.00682. The van der Waals surface area contributed by atoms with E-state index in [-0.39, 0.29) is 58.3 Å². The molecule has 7 amide bonds. The maximum atomic E-state index is 14.5. The minimum atomic E-state index is -1.25. The average Bonchev–Trinajstić information content (AvgIpc) is 4.11. The average molecular weight is 966 g/mol. The van der Waals surface area contributed by atoms with Crippen molar-refractivity contribution in [2.45, 2.75) is 153 Å². The number of nitrogens with one attached hydrogen (secondary N) is 8. The Morgan fingerprint density at radius 2 is 1.28 bits per heavy atom. The molecule has 0 unspecified atom stereocenters. The van der Waals surface area contributed by atoms with E-state index < -0.39 is 127 Å². The van der Waals surface area contributed by atoms with Crippen molar-refractivity contribution in [2.24, 2.45) is 34.8 Å². The van der Waals surface area contributed by atoms with Crippen molar-refractivity contribution >= 4 is 47.3 Å². The Hall–Kier alpha value is -5.35. The van der Waals surface area contributed by atoms with Gasteiger partial charge < -0.3 is 80.2 Å². The van der Waals surface area contributed by atoms with E-state index in [0.717, 1.165) is 0 Å². The van der Waals surface area contributed by atoms with Crippen LogP contribution in [-0.2, 0) is 44.8 Å². The Bertz CT molecular complexity index is 1820. The smallest absolute Gasteiger partial charge is 0.326 e. The van der Waals surface area contributed by atoms with Gasteiger partial charge in [-0.05, 0) is 76.3 Å². The number of aliphatic hydroxyl groups is 1. The van der Waals surface area contributed by atoms with Gasteiger partial charge in [-0.1, -0.05) is 34.1 Å². The van der Waals surface area contributed by atoms with Crippen LogP contribution in [0.4, 0.5) is 0 Å². The topological polar surface area (TPSA) is 428 Å². The largest absolute Gasteiger partial charge is 0.480 e. The van der Waals surface area contributed by atoms with E-state index in [4.69, 9.17) is 22.9 Å². The van der Waals surface area contributed by atoms with Crippen LogP contribution in [0.25, 0.3) is 0 Å². The van der Waals surface area contributed by atoms with Crippen molar-refractivity contribution in [2.75, 3.05) is 32.8 Å². The summed E-state index contributed by atoms with van der Waals surface area (Å²) in [6, 6.07) is -9.03. The summed E-state index contributed by atoms with van der Waals surface area (Å²) >= 11 is 0. The molecule has 3 heterocycles. The number of nitrogens with zero attached hydrogens (tertiary/aromatic N) is 3. The van der Waals surface area contributed by atoms with Gasteiger partial charge in [0.1, 0.15) is 61.5 Å². The predicted molar refractivity (Wildman–Crippen MR) is 246 cm³/mol. The Morgan fingerprint density at radius 1 is 0.750 bits per heavy atom. The van der Waals surface area contributed by atoms with Crippen LogP contribution in [0.1, 0.15) is 91.2 Å². The standard InChI is InChI=1S/C42H76N16O10/c1-5-23(4)32(37(64)52-26(10-6-14-49-41(44)45)34(61)55-31(22(2)3)40(67)68)56-36(63)30-13-9-16-57(30)38(65)27(11-7-15-50-42(46)47)53-35(62)29-12-8-17-58(29)39(66)28(18-24-19-48-21-51-24)54-33(60)25(43)20-59/h19,21-23,25-32,41-42,49-50,59H,5-18,20,43-47H2,1-4H3,(H,48,51)(H,52,64)(H,53,62)(H,54,60)(H,55,61)(H,56,63)(H,67,68)/p+1/t23-,25-,26-,27-,28-,29-,30-,31-,32-/m0/s1. The number of aliphatic carboxylic acids is 1. The maximum absolute atomic E-state index is 14.5. The zero-order valence-corrected chi connectivity index (χ0v) is 39.7. The quantitative estimate of drug-likeness (QED) is 0.0262. The molecule has 9 atom stereocenters. The van der Waals surface area contributed by atoms with Crippen LogP contribution in [0, 0.1) is 11.8 Å². The zero-order valence-electron chi connectivity index (χ0n) is 39.7. The van der Waals surface area contributed by atoms with Gasteiger partial charge in [0, 0.05) is 31.4 Å². The summed E-state index contributed by atoms with van der Waals surface area (Å²) in [6.45, 7) is 7.18. The molecule has 0 aliphatic carbocycles. The van der Waals surface area contributed by atoms with E-state index in [0.29, 0.717) is 37.8 Å². The summed E-state index contributed by atoms with van der Waals surface area (Å²) in [5.41, 5.74) is 26.7. The normalized spacial score (nSPS) is 19.2. The third kappa shape index (κ3) is 17.3. The fourth-order valence-electron chi connectivity index (χ4n) is 8.12. The van der Waals surface area contributed by atoms with Crippen LogP contribution in [0.15, 0.2) is 12.5 Å². The first-order valence-corrected chi connectivity index (χ1v) is 23.5. The molecule has 21 N–H and O–H groups in total. The molecule has 0 radical (unpaired) electrons. The van der Waals surface area contributed by atoms with Gasteiger partial charge in [0.15, 0.2) is 6.04 Å². The van der Waals surface area contributed by atoms with Crippen molar-refractivity contribution in [1.29, 1.82) is 0 Å². The van der Waals surface area contributed by atoms with E-state index in [1.165, 1.54) is 22.3 Å². The van der Waals surface area contributed by atoms with Crippen molar-refractivity contribution in [3.05, 3.63) is 18.2 Å². The summed E-state index contributed by atoms with van der Waals surface area (Å²) in [4.78, 5) is 119. The number of carbonyl (C=O) groups excluding carboxylic acids is 7. The van der Waals surface area contributed by atoms with E-state index in [9.17, 15) is 48.6 Å². The van der Waals surface area contributed by atoms with Gasteiger partial charge >= 0.3 is 5.97 Å². The first-order chi connectivity index (χ1) is 32.2. The molecule has 26 nitrogen and oxygen atoms in total. The molecule has 1 aromatic rings. The number of rotatable bonds is 29. The monoisotopic (exact) mass is 966 g/mol. The van der Waals surface area contributed by atoms with E-state index in [1.807, 2.05) is 6.92 Å². The second-order valence-electron chi connectivity index (χ2n) is 17.9. The Kier molecular flexibility index (Phi) is 23.6. The first-order valence-electron chi connectivity index (χ1n) is 23.5. The van der Waals surface area contributed by atoms with Crippen LogP contribution in [-0.4, -0.2) is 171 Å². The van der Waals surface area contributed by atoms with E-state index in [2.05, 4.69) is 52.9 Å². The number of aliphatic hydroxyl groups excluding tert-OH is 1. The lowest BCUT2D eigenvalue weighted by Gasteiger charge is -2.33. The number of hydrogen-bond acceptors (Lipinski definition) is 16. The van der Waals surface area contributed by atoms with Crippen molar-refractivity contribution in [3.8, 4) is 0 Å². The molecule has 2 fully saturated rings. The molecule has 2 aliphatic heterocycles. The predicted octanol–water partition coefficient (Wildman–Crippen LogP) is -6.11. The molecule has 3 rings (SSSR count). The molecule has 0 saturated carbocycles. The maximum Gasteiger partial charge on any atom is 0.326 e. The lowest BCUT2D eigenvalue weighted by molar-refractivity contribution is -0.409. The number of amides is 7. The summed E-state index contributed by atoms with van der Waals surface area (Å²) in [5.74, 6) is -6.64. The Balaban J connectivity index is 1.84. The number of likely N-dealkylation sites (tertiary alicyclic amines) is 2. The number of carboxylic acid groups (broad SMARTS) is 1. The lowest BCUT2D eigenvalue weighted by atomic mass is 9.96. The molecule has 68 heavy (non-hydrogen) atoms. The SMILES string of the molecule is CC[C@H](C)[C@H](NC(=O)[C@@H]1CCCN1C(=O)[C@H](CCCNC(N)N)NC(=O)[C@@H]1CCCN1C(=O)[C@H](Cc1cnc[nH]1)NC(=O)[C@@H]([NH3+])CO)C(=O)N[C@@H](CCCNC(N)N)C(=O)N[C@H](C(=O)O)C(C)C. The lowest BCUT2D eigenvalue weighted by Crippen LogP contribution is -2.70. The highest BCUT2D eigenvalue weighted by Crippen LogP contribution is 2.23. The fraction of sp³-hybridized carbons (Fsp3) is 0.738. The van der Waals surface area contributed by atoms with Gasteiger partial charge in [-0.15, -0.1) is 0 Å². The van der Waals surface area contributed by atoms with E-state index >= 15 is 0 Å². The van der Waals surface area contributed by atoms with Gasteiger partial charge in [-0.2, -0.15) is 0 Å². The second-order valence-corrected chi connectivity index (χ2v) is 17.9. The zero-order chi connectivity index (χ0) is 50.7. The van der Waals surface area contributed by atoms with Gasteiger partial charge in [0.05, 0.1) is 6.33 Å². The third-order valence-electron chi connectivity index (χ3n) is 12.2. The molecule has 26 heteroatoms. The number of carboxylic acids is 1. The van der Waals surface area contributed by atoms with Crippen LogP contribution >= 0.6 is 0 Å². The van der Waals surface area contributed by atoms with Gasteiger partial charge in [-0.25, -0.2) is 9.78 Å². The Morgan fingerprint density at radius 3 is 1.76 bits per heavy atom. The van der Waals surface area contributed by atoms with E-state index in [1.54, 1.807) is 20.8 Å². The second kappa shape index (κ2) is 28.2. The molecular weight excluding hydrogens is 889 g/mol. The number of nitrogens with two attached hydrogens (primary N) is 4. The highest BCUT2D eigenvalue weighted by Gasteiger charge is 2.43. The fourth-order valence-corrected chi connectivity index (χ4v) is 8.12. The number of quaternary nitrogens is 1. The van der Waals surface area contributed by atoms with Crippen molar-refractivity contribution in [3.63, 3.8) is 0 Å². The molecule has 0 bridgehead atoms. The third-order valence-corrected chi connectivity index (χ3v) is 12.2. The van der Waals surface area contributed by atoms with Gasteiger partial charge in [0.2, 0.25) is 35.4 Å². The molecule has 2 saturated heterocycles. The number of imidazole rings is 1. The molecular formula is C42H77N16O10+. The van der Waals surface area contributed by atoms with Crippen LogP contribution in [0.5, 0.6) is 0 Å². The van der Waals surface area contributed by atoms with Crippen LogP contribution in [0.3, 0.4) is 0 Å². The van der Waals surface area contributed by atoms with Crippen LogP contribution in [0.2, 0.25) is 0 Å². The number of aromatic nitrogens is 2. The Labute approximate surface area is 396 Å². The highest BCUT2D eigenvalue weighted by molar-refractivity contribution is 5.98. The molecule has 0 aromatic carbocycles. The molecule has 2 aliphatic rings. The van der Waals surface area contributed by atoms with Gasteiger partial charge in [0.25, 0.3) is 5.91 Å². The first kappa shape index (κ1) is 57.0. The molecule has 1 aromatic heterocycles. The minimum Gasteiger partial charge on any atom is -0.480 e. The summed E-state index contributed by atoms with van der Waals surface area (Å²) in [7, 11) is 0.